The molecule has 0 spiro atoms. The van der Waals surface area contributed by atoms with Crippen LogP contribution in [0.1, 0.15) is 5.56 Å². The Hall–Kier alpha value is -2.70. The highest BCUT2D eigenvalue weighted by Crippen LogP contribution is 2.25. The Labute approximate surface area is 152 Å². The number of hydrogen-bond donors (Lipinski definition) is 2. The van der Waals surface area contributed by atoms with Gasteiger partial charge in [0.1, 0.15) is 11.3 Å². The number of nitrogens with one attached hydrogen (secondary N) is 2. The first-order chi connectivity index (χ1) is 12.1. The molecule has 0 bridgehead atoms. The number of imidazole rings is 1. The third kappa shape index (κ3) is 2.90. The second-order valence-corrected chi connectivity index (χ2v) is 6.27. The van der Waals surface area contributed by atoms with Crippen LogP contribution in [0.2, 0.25) is 10.0 Å². The SMILES string of the molecule is N=c1ncn(Cc2c(Cl)cncc2Cl)c2nc(-c3ccccc3)[nH]c12. The number of H-pyrrole nitrogens is 1. The Morgan fingerprint density at radius 1 is 1.08 bits per heavy atom. The summed E-state index contributed by atoms with van der Waals surface area (Å²) in [5.74, 6) is 0.678. The summed E-state index contributed by atoms with van der Waals surface area (Å²) < 4.78 is 1.81. The molecule has 0 saturated heterocycles. The lowest BCUT2D eigenvalue weighted by Crippen LogP contribution is -2.13. The Kier molecular flexibility index (Phi) is 3.99. The number of rotatable bonds is 3. The first-order valence-corrected chi connectivity index (χ1v) is 8.22. The molecule has 0 atom stereocenters. The monoisotopic (exact) mass is 370 g/mol. The molecule has 124 valence electrons. The molecule has 4 rings (SSSR count). The molecule has 0 aliphatic heterocycles. The second kappa shape index (κ2) is 6.31. The molecular formula is C17H12Cl2N6. The topological polar surface area (TPSA) is 83.2 Å². The van der Waals surface area contributed by atoms with E-state index in [1.165, 1.54) is 0 Å². The molecule has 4 aromatic rings. The van der Waals surface area contributed by atoms with Crippen molar-refractivity contribution in [2.24, 2.45) is 0 Å². The van der Waals surface area contributed by atoms with Crippen LogP contribution in [0.4, 0.5) is 0 Å². The maximum absolute atomic E-state index is 8.04. The fraction of sp³-hybridized carbons (Fsp3) is 0.0588. The van der Waals surface area contributed by atoms with Gasteiger partial charge >= 0.3 is 0 Å². The van der Waals surface area contributed by atoms with E-state index in [-0.39, 0.29) is 5.49 Å². The summed E-state index contributed by atoms with van der Waals surface area (Å²) in [6.07, 6.45) is 4.66. The maximum Gasteiger partial charge on any atom is 0.173 e. The van der Waals surface area contributed by atoms with Gasteiger partial charge in [-0.25, -0.2) is 9.97 Å². The third-order valence-corrected chi connectivity index (χ3v) is 4.50. The van der Waals surface area contributed by atoms with Crippen LogP contribution in [0, 0.1) is 5.41 Å². The number of fused-ring (bicyclic) bond motifs is 1. The summed E-state index contributed by atoms with van der Waals surface area (Å²) in [4.78, 5) is 15.9. The van der Waals surface area contributed by atoms with Gasteiger partial charge in [0.05, 0.1) is 22.9 Å². The van der Waals surface area contributed by atoms with E-state index in [1.807, 2.05) is 34.9 Å². The van der Waals surface area contributed by atoms with E-state index in [4.69, 9.17) is 28.6 Å². The summed E-state index contributed by atoms with van der Waals surface area (Å²) >= 11 is 12.4. The predicted octanol–water partition coefficient (Wildman–Crippen LogP) is 3.66. The molecule has 8 heteroatoms. The maximum atomic E-state index is 8.04. The van der Waals surface area contributed by atoms with E-state index >= 15 is 0 Å². The summed E-state index contributed by atoms with van der Waals surface area (Å²) in [6, 6.07) is 9.72. The van der Waals surface area contributed by atoms with Gasteiger partial charge in [-0.1, -0.05) is 53.5 Å². The average molecular weight is 371 g/mol. The normalized spacial score (nSPS) is 11.1. The van der Waals surface area contributed by atoms with E-state index in [9.17, 15) is 0 Å². The lowest BCUT2D eigenvalue weighted by atomic mass is 10.2. The number of nitrogens with zero attached hydrogens (tertiary/aromatic N) is 4. The minimum atomic E-state index is 0.132. The number of hydrogen-bond acceptors (Lipinski definition) is 4. The van der Waals surface area contributed by atoms with E-state index < -0.39 is 0 Å². The number of pyridine rings is 1. The van der Waals surface area contributed by atoms with E-state index in [2.05, 4.69) is 19.9 Å². The minimum Gasteiger partial charge on any atom is -0.334 e. The molecule has 3 heterocycles. The van der Waals surface area contributed by atoms with E-state index in [1.54, 1.807) is 18.7 Å². The zero-order chi connectivity index (χ0) is 17.4. The second-order valence-electron chi connectivity index (χ2n) is 5.45. The van der Waals surface area contributed by atoms with Crippen LogP contribution in [0.15, 0.2) is 49.1 Å². The molecule has 0 aliphatic rings. The fourth-order valence-electron chi connectivity index (χ4n) is 2.59. The highest BCUT2D eigenvalue weighted by Gasteiger charge is 2.13. The Bertz CT molecular complexity index is 1100. The highest BCUT2D eigenvalue weighted by molar-refractivity contribution is 6.35. The molecular weight excluding hydrogens is 359 g/mol. The van der Waals surface area contributed by atoms with Crippen LogP contribution in [-0.4, -0.2) is 24.5 Å². The van der Waals surface area contributed by atoms with Crippen LogP contribution >= 0.6 is 23.2 Å². The zero-order valence-electron chi connectivity index (χ0n) is 12.9. The highest BCUT2D eigenvalue weighted by atomic mass is 35.5. The lowest BCUT2D eigenvalue weighted by Gasteiger charge is -2.09. The summed E-state index contributed by atoms with van der Waals surface area (Å²) in [5, 5.41) is 8.99. The Balaban J connectivity index is 1.87. The molecule has 25 heavy (non-hydrogen) atoms. The molecule has 0 unspecified atom stereocenters. The standard InChI is InChI=1S/C17H12Cl2N6/c18-12-6-21-7-13(19)11(12)8-25-9-22-15(20)14-17(25)24-16(23-14)10-4-2-1-3-5-10/h1-7,9,20H,8H2,(H,23,24). The van der Waals surface area contributed by atoms with Crippen LogP contribution in [-0.2, 0) is 6.54 Å². The molecule has 3 aromatic heterocycles. The fourth-order valence-corrected chi connectivity index (χ4v) is 3.08. The summed E-state index contributed by atoms with van der Waals surface area (Å²) in [7, 11) is 0. The van der Waals surface area contributed by atoms with Crippen molar-refractivity contribution in [2.45, 2.75) is 6.54 Å². The molecule has 0 saturated carbocycles. The van der Waals surface area contributed by atoms with Gasteiger partial charge in [0, 0.05) is 23.5 Å². The molecule has 0 fully saturated rings. The minimum absolute atomic E-state index is 0.132. The lowest BCUT2D eigenvalue weighted by molar-refractivity contribution is 0.783. The molecule has 6 nitrogen and oxygen atoms in total. The van der Waals surface area contributed by atoms with Gasteiger partial charge in [0.25, 0.3) is 0 Å². The van der Waals surface area contributed by atoms with E-state index in [0.717, 1.165) is 11.1 Å². The van der Waals surface area contributed by atoms with Crippen molar-refractivity contribution in [3.63, 3.8) is 0 Å². The van der Waals surface area contributed by atoms with Gasteiger partial charge in [-0.2, -0.15) is 0 Å². The first-order valence-electron chi connectivity index (χ1n) is 7.46. The summed E-state index contributed by atoms with van der Waals surface area (Å²) in [6.45, 7) is 0.378. The molecule has 2 N–H and O–H groups in total. The van der Waals surface area contributed by atoms with Crippen LogP contribution < -0.4 is 5.49 Å². The number of halogens is 2. The smallest absolute Gasteiger partial charge is 0.173 e. The predicted molar refractivity (Wildman–Crippen MR) is 96.5 cm³/mol. The first kappa shape index (κ1) is 15.8. The molecule has 0 amide bonds. The van der Waals surface area contributed by atoms with Crippen LogP contribution in [0.3, 0.4) is 0 Å². The van der Waals surface area contributed by atoms with Gasteiger partial charge in [-0.3, -0.25) is 10.4 Å². The van der Waals surface area contributed by atoms with Crippen molar-refractivity contribution < 1.29 is 0 Å². The van der Waals surface area contributed by atoms with Crippen molar-refractivity contribution in [1.29, 1.82) is 5.41 Å². The van der Waals surface area contributed by atoms with Crippen molar-refractivity contribution in [2.75, 3.05) is 0 Å². The Morgan fingerprint density at radius 2 is 1.80 bits per heavy atom. The quantitative estimate of drug-likeness (QED) is 0.577. The molecule has 0 aliphatic carbocycles. The number of aromatic nitrogens is 5. The average Bonchev–Trinajstić information content (AvgIpc) is 3.07. The van der Waals surface area contributed by atoms with Crippen molar-refractivity contribution in [3.8, 4) is 11.4 Å². The van der Waals surface area contributed by atoms with E-state index in [0.29, 0.717) is 33.6 Å². The van der Waals surface area contributed by atoms with Gasteiger partial charge in [-0.15, -0.1) is 0 Å². The molecule has 0 radical (unpaired) electrons. The van der Waals surface area contributed by atoms with Gasteiger partial charge in [0.15, 0.2) is 11.1 Å². The number of aromatic amines is 1. The van der Waals surface area contributed by atoms with Crippen molar-refractivity contribution in [3.05, 3.63) is 70.1 Å². The van der Waals surface area contributed by atoms with Crippen LogP contribution in [0.5, 0.6) is 0 Å². The molecule has 1 aromatic carbocycles. The van der Waals surface area contributed by atoms with Gasteiger partial charge in [-0.05, 0) is 0 Å². The zero-order valence-corrected chi connectivity index (χ0v) is 14.4. The number of benzene rings is 1. The van der Waals surface area contributed by atoms with Gasteiger partial charge < -0.3 is 9.55 Å². The summed E-state index contributed by atoms with van der Waals surface area (Å²) in [5.41, 5.74) is 2.97. The Morgan fingerprint density at radius 3 is 2.52 bits per heavy atom. The van der Waals surface area contributed by atoms with Crippen molar-refractivity contribution in [1.82, 2.24) is 24.5 Å². The third-order valence-electron chi connectivity index (χ3n) is 3.85. The van der Waals surface area contributed by atoms with Gasteiger partial charge in [0.2, 0.25) is 0 Å². The van der Waals surface area contributed by atoms with Crippen LogP contribution in [0.25, 0.3) is 22.6 Å². The van der Waals surface area contributed by atoms with Crippen molar-refractivity contribution >= 4 is 34.4 Å². The largest absolute Gasteiger partial charge is 0.334 e.